The fraction of sp³-hybridized carbons (Fsp3) is 0.172. The maximum Gasteiger partial charge on any atom is 0.0164 e. The minimum Gasteiger partial charge on any atom is -0.0838 e. The van der Waals surface area contributed by atoms with Gasteiger partial charge in [0.05, 0.1) is 0 Å². The summed E-state index contributed by atoms with van der Waals surface area (Å²) in [6, 6.07) is 33.2. The Morgan fingerprint density at radius 1 is 0.552 bits per heavy atom. The predicted molar refractivity (Wildman–Crippen MR) is 122 cm³/mol. The average Bonchev–Trinajstić information content (AvgIpc) is 3.22. The van der Waals surface area contributed by atoms with Gasteiger partial charge in [0.2, 0.25) is 0 Å². The molecule has 0 heteroatoms. The van der Waals surface area contributed by atoms with Crippen molar-refractivity contribution in [1.82, 2.24) is 0 Å². The second-order valence-electron chi connectivity index (χ2n) is 8.05. The summed E-state index contributed by atoms with van der Waals surface area (Å²) in [5.74, 6) is 1.54. The summed E-state index contributed by atoms with van der Waals surface area (Å²) in [7, 11) is 0. The van der Waals surface area contributed by atoms with Crippen molar-refractivity contribution in [2.45, 2.75) is 24.2 Å². The fourth-order valence-corrected chi connectivity index (χ4v) is 5.08. The van der Waals surface area contributed by atoms with Crippen LogP contribution in [0, 0.1) is 5.92 Å². The molecule has 0 radical (unpaired) electrons. The van der Waals surface area contributed by atoms with Gasteiger partial charge in [0, 0.05) is 23.7 Å². The van der Waals surface area contributed by atoms with Crippen LogP contribution < -0.4 is 0 Å². The first-order chi connectivity index (χ1) is 14.4. The van der Waals surface area contributed by atoms with Crippen LogP contribution in [0.5, 0.6) is 0 Å². The van der Waals surface area contributed by atoms with Gasteiger partial charge < -0.3 is 0 Å². The number of hydrogen-bond acceptors (Lipinski definition) is 0. The molecule has 3 unspecified atom stereocenters. The molecule has 3 aromatic carbocycles. The maximum absolute atomic E-state index is 2.56. The van der Waals surface area contributed by atoms with E-state index in [0.717, 1.165) is 6.42 Å². The molecule has 0 nitrogen and oxygen atoms in total. The number of hydrogen-bond donors (Lipinski definition) is 0. The van der Waals surface area contributed by atoms with Gasteiger partial charge >= 0.3 is 0 Å². The van der Waals surface area contributed by atoms with Gasteiger partial charge in [0.25, 0.3) is 0 Å². The summed E-state index contributed by atoms with van der Waals surface area (Å²) in [4.78, 5) is 0. The Morgan fingerprint density at radius 3 is 1.66 bits per heavy atom. The van der Waals surface area contributed by atoms with Crippen LogP contribution in [-0.4, -0.2) is 0 Å². The molecule has 0 saturated heterocycles. The lowest BCUT2D eigenvalue weighted by molar-refractivity contribution is 0.576. The molecule has 2 aliphatic rings. The number of benzene rings is 3. The largest absolute Gasteiger partial charge is 0.0838 e. The molecule has 2 aliphatic carbocycles. The molecule has 0 aliphatic heterocycles. The van der Waals surface area contributed by atoms with Crippen molar-refractivity contribution < 1.29 is 0 Å². The van der Waals surface area contributed by atoms with Gasteiger partial charge in [-0.3, -0.25) is 0 Å². The minimum atomic E-state index is 0.376. The van der Waals surface area contributed by atoms with Gasteiger partial charge in [0.15, 0.2) is 0 Å². The standard InChI is InChI=1S/C29H26/c1-5-13-22(14-6-1)26-21-27(23-15-7-2-8-16-23)29(25-19-11-4-12-20-25)28(26)24-17-9-3-10-18-24/h1,3-21,23,26,28-29H,2H2. The van der Waals surface area contributed by atoms with Crippen LogP contribution in [0.3, 0.4) is 0 Å². The zero-order valence-corrected chi connectivity index (χ0v) is 16.6. The quantitative estimate of drug-likeness (QED) is 0.417. The Bertz CT molecular complexity index is 1010. The van der Waals surface area contributed by atoms with Gasteiger partial charge in [-0.2, -0.15) is 0 Å². The molecule has 3 aromatic rings. The highest BCUT2D eigenvalue weighted by molar-refractivity contribution is 5.50. The third-order valence-corrected chi connectivity index (χ3v) is 6.35. The van der Waals surface area contributed by atoms with Crippen LogP contribution in [-0.2, 0) is 0 Å². The first kappa shape index (κ1) is 17.9. The monoisotopic (exact) mass is 374 g/mol. The van der Waals surface area contributed by atoms with Crippen molar-refractivity contribution in [1.29, 1.82) is 0 Å². The van der Waals surface area contributed by atoms with Crippen LogP contribution in [0.4, 0.5) is 0 Å². The molecule has 3 atom stereocenters. The van der Waals surface area contributed by atoms with E-state index in [2.05, 4.69) is 121 Å². The Labute approximate surface area is 173 Å². The lowest BCUT2D eigenvalue weighted by Crippen LogP contribution is -2.16. The topological polar surface area (TPSA) is 0 Å². The zero-order chi connectivity index (χ0) is 19.5. The lowest BCUT2D eigenvalue weighted by Gasteiger charge is -2.30. The van der Waals surface area contributed by atoms with E-state index >= 15 is 0 Å². The minimum absolute atomic E-state index is 0.376. The van der Waals surface area contributed by atoms with Crippen molar-refractivity contribution >= 4 is 0 Å². The van der Waals surface area contributed by atoms with E-state index in [4.69, 9.17) is 0 Å². The molecule has 0 aromatic heterocycles. The summed E-state index contributed by atoms with van der Waals surface area (Å²) >= 11 is 0. The van der Waals surface area contributed by atoms with Crippen LogP contribution in [0.2, 0.25) is 0 Å². The van der Waals surface area contributed by atoms with E-state index < -0.39 is 0 Å². The molecule has 0 amide bonds. The SMILES string of the molecule is C1=CC(C2=CC(c3ccccc3)C(c3ccccc3)C2c2ccccc2)C=CC1. The lowest BCUT2D eigenvalue weighted by atomic mass is 9.73. The summed E-state index contributed by atoms with van der Waals surface area (Å²) in [5.41, 5.74) is 5.77. The molecule has 5 rings (SSSR count). The van der Waals surface area contributed by atoms with Gasteiger partial charge in [-0.05, 0) is 23.1 Å². The Morgan fingerprint density at radius 2 is 1.07 bits per heavy atom. The van der Waals surface area contributed by atoms with Crippen molar-refractivity contribution in [2.75, 3.05) is 0 Å². The summed E-state index contributed by atoms with van der Waals surface area (Å²) < 4.78 is 0. The Hall–Kier alpha value is -3.12. The zero-order valence-electron chi connectivity index (χ0n) is 16.6. The normalized spacial score (nSPS) is 23.9. The molecule has 0 N–H and O–H groups in total. The van der Waals surface area contributed by atoms with E-state index in [-0.39, 0.29) is 0 Å². The Balaban J connectivity index is 1.69. The van der Waals surface area contributed by atoms with Gasteiger partial charge in [0.1, 0.15) is 0 Å². The van der Waals surface area contributed by atoms with E-state index in [9.17, 15) is 0 Å². The molecule has 29 heavy (non-hydrogen) atoms. The first-order valence-corrected chi connectivity index (χ1v) is 10.6. The smallest absolute Gasteiger partial charge is 0.0164 e. The number of allylic oxidation sites excluding steroid dienone is 6. The van der Waals surface area contributed by atoms with E-state index in [1.807, 2.05) is 0 Å². The molecule has 0 bridgehead atoms. The highest BCUT2D eigenvalue weighted by Gasteiger charge is 2.41. The third kappa shape index (κ3) is 3.51. The molecular weight excluding hydrogens is 348 g/mol. The fourth-order valence-electron chi connectivity index (χ4n) is 5.08. The highest BCUT2D eigenvalue weighted by Crippen LogP contribution is 2.55. The van der Waals surface area contributed by atoms with Gasteiger partial charge in [-0.1, -0.05) is 127 Å². The summed E-state index contributed by atoms with van der Waals surface area (Å²) in [5, 5.41) is 0. The summed E-state index contributed by atoms with van der Waals surface area (Å²) in [6.07, 6.45) is 13.0. The molecule has 0 heterocycles. The maximum atomic E-state index is 2.56. The van der Waals surface area contributed by atoms with Crippen molar-refractivity contribution in [2.24, 2.45) is 5.92 Å². The number of rotatable bonds is 4. The molecule has 0 spiro atoms. The second-order valence-corrected chi connectivity index (χ2v) is 8.05. The van der Waals surface area contributed by atoms with Crippen LogP contribution in [0.25, 0.3) is 0 Å². The Kier molecular flexibility index (Phi) is 5.01. The molecule has 142 valence electrons. The molecule has 0 fully saturated rings. The van der Waals surface area contributed by atoms with Gasteiger partial charge in [-0.25, -0.2) is 0 Å². The van der Waals surface area contributed by atoms with Crippen LogP contribution >= 0.6 is 0 Å². The molecule has 0 saturated carbocycles. The third-order valence-electron chi connectivity index (χ3n) is 6.35. The van der Waals surface area contributed by atoms with Crippen molar-refractivity contribution in [3.63, 3.8) is 0 Å². The average molecular weight is 375 g/mol. The first-order valence-electron chi connectivity index (χ1n) is 10.6. The van der Waals surface area contributed by atoms with Crippen molar-refractivity contribution in [3.8, 4) is 0 Å². The molecular formula is C29H26. The highest BCUT2D eigenvalue weighted by atomic mass is 14.4. The van der Waals surface area contributed by atoms with Crippen molar-refractivity contribution in [3.05, 3.63) is 144 Å². The van der Waals surface area contributed by atoms with Crippen LogP contribution in [0.15, 0.2) is 127 Å². The van der Waals surface area contributed by atoms with E-state index in [1.165, 1.54) is 22.3 Å². The second kappa shape index (κ2) is 8.09. The van der Waals surface area contributed by atoms with E-state index in [1.54, 1.807) is 0 Å². The predicted octanol–water partition coefficient (Wildman–Crippen LogP) is 7.41. The van der Waals surface area contributed by atoms with E-state index in [0.29, 0.717) is 23.7 Å². The van der Waals surface area contributed by atoms with Gasteiger partial charge in [-0.15, -0.1) is 0 Å². The summed E-state index contributed by atoms with van der Waals surface area (Å²) in [6.45, 7) is 0. The van der Waals surface area contributed by atoms with Crippen LogP contribution in [0.1, 0.15) is 40.9 Å².